The molecule has 1 fully saturated rings. The topological polar surface area (TPSA) is 106 Å². The van der Waals surface area contributed by atoms with Gasteiger partial charge in [-0.1, -0.05) is 18.2 Å². The number of benzene rings is 2. The zero-order valence-electron chi connectivity index (χ0n) is 12.5. The van der Waals surface area contributed by atoms with Crippen LogP contribution < -0.4 is 15.3 Å². The van der Waals surface area contributed by atoms with Crippen LogP contribution in [-0.2, 0) is 23.6 Å². The van der Waals surface area contributed by atoms with Gasteiger partial charge in [0.1, 0.15) is 0 Å². The number of anilines is 2. The number of hydrazine groups is 1. The van der Waals surface area contributed by atoms with E-state index in [9.17, 15) is 13.0 Å². The quantitative estimate of drug-likeness (QED) is 0.531. The normalized spacial score (nSPS) is 16.7. The van der Waals surface area contributed by atoms with Crippen LogP contribution in [0.15, 0.2) is 59.5 Å². The second-order valence-corrected chi connectivity index (χ2v) is 8.31. The van der Waals surface area contributed by atoms with Gasteiger partial charge in [-0.2, -0.15) is 0 Å². The van der Waals surface area contributed by atoms with Crippen molar-refractivity contribution in [3.63, 3.8) is 0 Å². The highest BCUT2D eigenvalue weighted by atomic mass is 32.2. The highest BCUT2D eigenvalue weighted by Crippen LogP contribution is 2.47. The van der Waals surface area contributed by atoms with Crippen LogP contribution >= 0.6 is 7.75 Å². The summed E-state index contributed by atoms with van der Waals surface area (Å²) in [6.07, 6.45) is 0. The lowest BCUT2D eigenvalue weighted by molar-refractivity contribution is 0.342. The standard InChI is InChI=1S/C14H16N3O5PS/c18-23(21-10-11-22-23)17-15-12-6-8-13(9-7-12)16-24(19,20)14-4-2-1-3-5-14/h1-9,15-16H,10-11H2,(H,17,18). The van der Waals surface area contributed by atoms with Crippen molar-refractivity contribution in [3.05, 3.63) is 54.6 Å². The van der Waals surface area contributed by atoms with Crippen LogP contribution in [0.1, 0.15) is 0 Å². The predicted octanol–water partition coefficient (Wildman–Crippen LogP) is 2.56. The highest BCUT2D eigenvalue weighted by molar-refractivity contribution is 7.92. The zero-order chi connectivity index (χ0) is 17.0. The Labute approximate surface area is 139 Å². The van der Waals surface area contributed by atoms with Gasteiger partial charge in [-0.15, -0.1) is 5.20 Å². The van der Waals surface area contributed by atoms with Crippen molar-refractivity contribution in [2.45, 2.75) is 4.90 Å². The number of sulfonamides is 1. The van der Waals surface area contributed by atoms with E-state index in [0.29, 0.717) is 11.4 Å². The molecule has 8 nitrogen and oxygen atoms in total. The van der Waals surface area contributed by atoms with Crippen molar-refractivity contribution in [2.75, 3.05) is 23.4 Å². The van der Waals surface area contributed by atoms with Crippen molar-refractivity contribution in [1.29, 1.82) is 0 Å². The third-order valence-corrected chi connectivity index (χ3v) is 5.96. The molecule has 1 saturated heterocycles. The summed E-state index contributed by atoms with van der Waals surface area (Å²) in [6.45, 7) is 0.540. The number of nitrogens with one attached hydrogen (secondary N) is 3. The summed E-state index contributed by atoms with van der Waals surface area (Å²) >= 11 is 0. The van der Waals surface area contributed by atoms with Crippen LogP contribution in [0.4, 0.5) is 11.4 Å². The first kappa shape index (κ1) is 16.9. The van der Waals surface area contributed by atoms with Gasteiger partial charge in [-0.05, 0) is 36.4 Å². The van der Waals surface area contributed by atoms with Gasteiger partial charge in [0.25, 0.3) is 10.0 Å². The molecule has 0 aromatic heterocycles. The van der Waals surface area contributed by atoms with Gasteiger partial charge in [-0.3, -0.25) is 13.8 Å². The van der Waals surface area contributed by atoms with E-state index in [2.05, 4.69) is 15.3 Å². The summed E-state index contributed by atoms with van der Waals surface area (Å²) < 4.78 is 48.8. The molecule has 1 heterocycles. The summed E-state index contributed by atoms with van der Waals surface area (Å²) in [5.74, 6) is 0. The monoisotopic (exact) mass is 369 g/mol. The Balaban J connectivity index is 1.63. The molecule has 0 radical (unpaired) electrons. The summed E-state index contributed by atoms with van der Waals surface area (Å²) in [5.41, 5.74) is 3.69. The van der Waals surface area contributed by atoms with Gasteiger partial charge in [0.15, 0.2) is 0 Å². The van der Waals surface area contributed by atoms with E-state index in [4.69, 9.17) is 9.05 Å². The molecule has 0 aliphatic carbocycles. The maximum Gasteiger partial charge on any atom is 0.423 e. The Morgan fingerprint density at radius 1 is 0.875 bits per heavy atom. The number of hydrogen-bond donors (Lipinski definition) is 3. The molecule has 0 bridgehead atoms. The zero-order valence-corrected chi connectivity index (χ0v) is 14.2. The fraction of sp³-hybridized carbons (Fsp3) is 0.143. The van der Waals surface area contributed by atoms with Gasteiger partial charge < -0.3 is 5.43 Å². The SMILES string of the molecule is O=P1(NNc2ccc(NS(=O)(=O)c3ccccc3)cc2)OCCO1. The molecule has 10 heteroatoms. The molecular weight excluding hydrogens is 353 g/mol. The van der Waals surface area contributed by atoms with Crippen LogP contribution in [0.3, 0.4) is 0 Å². The molecule has 128 valence electrons. The first-order valence-electron chi connectivity index (χ1n) is 7.07. The average molecular weight is 369 g/mol. The fourth-order valence-corrected chi connectivity index (χ4v) is 4.16. The van der Waals surface area contributed by atoms with E-state index in [1.807, 2.05) is 0 Å². The molecule has 0 saturated carbocycles. The van der Waals surface area contributed by atoms with Crippen LogP contribution in [0.5, 0.6) is 0 Å². The maximum atomic E-state index is 12.2. The van der Waals surface area contributed by atoms with Gasteiger partial charge >= 0.3 is 7.75 Å². The summed E-state index contributed by atoms with van der Waals surface area (Å²) in [4.78, 5) is 0.183. The molecule has 2 aromatic rings. The number of rotatable bonds is 6. The third-order valence-electron chi connectivity index (χ3n) is 3.13. The molecule has 24 heavy (non-hydrogen) atoms. The third kappa shape index (κ3) is 4.14. The Morgan fingerprint density at radius 2 is 1.46 bits per heavy atom. The van der Waals surface area contributed by atoms with Gasteiger partial charge in [0, 0.05) is 11.4 Å². The Hall–Kier alpha value is -1.90. The molecule has 1 aliphatic rings. The largest absolute Gasteiger partial charge is 0.423 e. The number of hydrogen-bond acceptors (Lipinski definition) is 6. The molecule has 3 N–H and O–H groups in total. The minimum atomic E-state index is -3.63. The molecule has 0 spiro atoms. The van der Waals surface area contributed by atoms with Crippen LogP contribution in [-0.4, -0.2) is 21.6 Å². The van der Waals surface area contributed by atoms with E-state index in [-0.39, 0.29) is 18.1 Å². The fourth-order valence-electron chi connectivity index (χ4n) is 1.99. The Morgan fingerprint density at radius 3 is 2.08 bits per heavy atom. The molecule has 0 amide bonds. The van der Waals surface area contributed by atoms with Crippen molar-refractivity contribution in [3.8, 4) is 0 Å². The summed E-state index contributed by atoms with van der Waals surface area (Å²) in [6, 6.07) is 14.5. The smallest absolute Gasteiger partial charge is 0.312 e. The lowest BCUT2D eigenvalue weighted by Gasteiger charge is -2.13. The van der Waals surface area contributed by atoms with Gasteiger partial charge in [-0.25, -0.2) is 13.0 Å². The molecule has 1 aliphatic heterocycles. The van der Waals surface area contributed by atoms with Crippen LogP contribution in [0.25, 0.3) is 0 Å². The first-order valence-corrected chi connectivity index (χ1v) is 10.1. The second-order valence-electron chi connectivity index (χ2n) is 4.90. The summed E-state index contributed by atoms with van der Waals surface area (Å²) in [5, 5.41) is 2.49. The van der Waals surface area contributed by atoms with Crippen molar-refractivity contribution >= 4 is 29.1 Å². The van der Waals surface area contributed by atoms with E-state index < -0.39 is 17.8 Å². The van der Waals surface area contributed by atoms with E-state index in [1.54, 1.807) is 42.5 Å². The minimum absolute atomic E-state index is 0.183. The lowest BCUT2D eigenvalue weighted by Crippen LogP contribution is -2.18. The van der Waals surface area contributed by atoms with Crippen molar-refractivity contribution in [2.24, 2.45) is 0 Å². The van der Waals surface area contributed by atoms with Crippen molar-refractivity contribution in [1.82, 2.24) is 5.20 Å². The molecule has 0 unspecified atom stereocenters. The van der Waals surface area contributed by atoms with E-state index in [1.165, 1.54) is 12.1 Å². The molecule has 3 rings (SSSR count). The van der Waals surface area contributed by atoms with Crippen molar-refractivity contribution < 1.29 is 22.0 Å². The Bertz CT molecular complexity index is 832. The van der Waals surface area contributed by atoms with E-state index in [0.717, 1.165) is 0 Å². The highest BCUT2D eigenvalue weighted by Gasteiger charge is 2.29. The molecule has 0 atom stereocenters. The first-order chi connectivity index (χ1) is 11.5. The predicted molar refractivity (Wildman–Crippen MR) is 90.0 cm³/mol. The van der Waals surface area contributed by atoms with Crippen LogP contribution in [0.2, 0.25) is 0 Å². The van der Waals surface area contributed by atoms with Crippen LogP contribution in [0, 0.1) is 0 Å². The Kier molecular flexibility index (Phi) is 4.88. The second kappa shape index (κ2) is 6.92. The molecule has 2 aromatic carbocycles. The maximum absolute atomic E-state index is 12.2. The van der Waals surface area contributed by atoms with Gasteiger partial charge in [0.2, 0.25) is 0 Å². The summed E-state index contributed by atoms with van der Waals surface area (Å²) in [7, 11) is -6.93. The lowest BCUT2D eigenvalue weighted by atomic mass is 10.3. The average Bonchev–Trinajstić information content (AvgIpc) is 3.02. The van der Waals surface area contributed by atoms with Gasteiger partial charge in [0.05, 0.1) is 18.1 Å². The minimum Gasteiger partial charge on any atom is -0.312 e. The van der Waals surface area contributed by atoms with E-state index >= 15 is 0 Å². The molecular formula is C14H16N3O5PS.